The molecule has 5 nitrogen and oxygen atoms in total. The summed E-state index contributed by atoms with van der Waals surface area (Å²) in [7, 11) is 0. The van der Waals surface area contributed by atoms with Gasteiger partial charge >= 0.3 is 11.9 Å². The summed E-state index contributed by atoms with van der Waals surface area (Å²) in [5.74, 6) is 0.765. The van der Waals surface area contributed by atoms with E-state index in [4.69, 9.17) is 9.47 Å². The first-order valence-electron chi connectivity index (χ1n) is 7.89. The van der Waals surface area contributed by atoms with E-state index >= 15 is 0 Å². The van der Waals surface area contributed by atoms with Crippen molar-refractivity contribution in [3.63, 3.8) is 0 Å². The molecule has 0 aliphatic heterocycles. The highest BCUT2D eigenvalue weighted by Crippen LogP contribution is 2.61. The second-order valence-electron chi connectivity index (χ2n) is 6.45. The molecule has 0 aromatic heterocycles. The minimum Gasteiger partial charge on any atom is -0.462 e. The standard InChI is InChI=1S/C18H20O5/c1-10(20)22-13-5-3-4-12(6-13)7-15-17(23-11(2)21)8-14-16(9-19)18(14)15/h3-6,9,14-18H,7-8H2,1-2H3. The van der Waals surface area contributed by atoms with Gasteiger partial charge < -0.3 is 14.3 Å². The van der Waals surface area contributed by atoms with Gasteiger partial charge in [0, 0.05) is 25.7 Å². The molecule has 2 aliphatic carbocycles. The summed E-state index contributed by atoms with van der Waals surface area (Å²) >= 11 is 0. The molecule has 0 N–H and O–H groups in total. The molecule has 5 atom stereocenters. The lowest BCUT2D eigenvalue weighted by atomic mass is 9.90. The summed E-state index contributed by atoms with van der Waals surface area (Å²) in [6.07, 6.45) is 2.37. The van der Waals surface area contributed by atoms with Gasteiger partial charge in [-0.05, 0) is 42.4 Å². The summed E-state index contributed by atoms with van der Waals surface area (Å²) in [5.41, 5.74) is 1.02. The third-order valence-corrected chi connectivity index (χ3v) is 4.87. The zero-order valence-electron chi connectivity index (χ0n) is 13.2. The molecule has 5 heteroatoms. The molecule has 2 fully saturated rings. The summed E-state index contributed by atoms with van der Waals surface area (Å²) in [6, 6.07) is 7.36. The van der Waals surface area contributed by atoms with E-state index in [1.165, 1.54) is 13.8 Å². The quantitative estimate of drug-likeness (QED) is 0.473. The molecule has 0 bridgehead atoms. The van der Waals surface area contributed by atoms with E-state index in [0.717, 1.165) is 18.3 Å². The molecule has 5 unspecified atom stereocenters. The number of hydrogen-bond acceptors (Lipinski definition) is 5. The molecule has 23 heavy (non-hydrogen) atoms. The molecule has 0 amide bonds. The number of ether oxygens (including phenoxy) is 2. The van der Waals surface area contributed by atoms with Gasteiger partial charge in [0.15, 0.2) is 0 Å². The fraction of sp³-hybridized carbons (Fsp3) is 0.500. The SMILES string of the molecule is CC(=O)Oc1cccc(CC2C(OC(C)=O)CC3C(C=O)C23)c1. The van der Waals surface area contributed by atoms with E-state index in [1.54, 1.807) is 6.07 Å². The summed E-state index contributed by atoms with van der Waals surface area (Å²) < 4.78 is 10.6. The van der Waals surface area contributed by atoms with Crippen molar-refractivity contribution in [2.45, 2.75) is 32.8 Å². The lowest BCUT2D eigenvalue weighted by Gasteiger charge is -2.23. The van der Waals surface area contributed by atoms with Crippen molar-refractivity contribution >= 4 is 18.2 Å². The van der Waals surface area contributed by atoms with Crippen LogP contribution in [0.5, 0.6) is 5.75 Å². The predicted molar refractivity (Wildman–Crippen MR) is 81.7 cm³/mol. The van der Waals surface area contributed by atoms with Gasteiger partial charge in [0.1, 0.15) is 18.1 Å². The number of rotatable bonds is 5. The number of aldehydes is 1. The minimum absolute atomic E-state index is 0.100. The molecule has 0 spiro atoms. The van der Waals surface area contributed by atoms with Crippen LogP contribution >= 0.6 is 0 Å². The predicted octanol–water partition coefficient (Wildman–Crippen LogP) is 2.17. The number of esters is 2. The van der Waals surface area contributed by atoms with E-state index in [-0.39, 0.29) is 29.9 Å². The lowest BCUT2D eigenvalue weighted by Crippen LogP contribution is -2.27. The van der Waals surface area contributed by atoms with Crippen molar-refractivity contribution in [1.82, 2.24) is 0 Å². The summed E-state index contributed by atoms with van der Waals surface area (Å²) in [5, 5.41) is 0. The van der Waals surface area contributed by atoms with Gasteiger partial charge in [0.2, 0.25) is 0 Å². The van der Waals surface area contributed by atoms with Crippen molar-refractivity contribution < 1.29 is 23.9 Å². The normalized spacial score (nSPS) is 31.1. The van der Waals surface area contributed by atoms with Gasteiger partial charge in [0.05, 0.1) is 0 Å². The van der Waals surface area contributed by atoms with Crippen molar-refractivity contribution in [2.75, 3.05) is 0 Å². The molecule has 0 radical (unpaired) electrons. The molecular formula is C18H20O5. The molecule has 1 aromatic carbocycles. The number of carbonyl (C=O) groups excluding carboxylic acids is 3. The Morgan fingerprint density at radius 1 is 1.26 bits per heavy atom. The van der Waals surface area contributed by atoms with E-state index in [9.17, 15) is 14.4 Å². The van der Waals surface area contributed by atoms with E-state index in [2.05, 4.69) is 0 Å². The molecule has 2 aliphatic rings. The Morgan fingerprint density at radius 3 is 2.70 bits per heavy atom. The van der Waals surface area contributed by atoms with Crippen LogP contribution in [0.1, 0.15) is 25.8 Å². The van der Waals surface area contributed by atoms with Gasteiger partial charge in [0.25, 0.3) is 0 Å². The van der Waals surface area contributed by atoms with Crippen molar-refractivity contribution in [3.8, 4) is 5.75 Å². The Hall–Kier alpha value is -2.17. The maximum Gasteiger partial charge on any atom is 0.308 e. The van der Waals surface area contributed by atoms with E-state index in [0.29, 0.717) is 24.0 Å². The van der Waals surface area contributed by atoms with Crippen LogP contribution in [0.2, 0.25) is 0 Å². The summed E-state index contributed by atoms with van der Waals surface area (Å²) in [4.78, 5) is 33.5. The zero-order chi connectivity index (χ0) is 16.6. The smallest absolute Gasteiger partial charge is 0.308 e. The first kappa shape index (κ1) is 15.7. The highest BCUT2D eigenvalue weighted by molar-refractivity contribution is 5.69. The maximum atomic E-state index is 11.3. The molecule has 122 valence electrons. The average Bonchev–Trinajstić information content (AvgIpc) is 3.05. The van der Waals surface area contributed by atoms with Crippen molar-refractivity contribution in [3.05, 3.63) is 29.8 Å². The minimum atomic E-state index is -0.357. The van der Waals surface area contributed by atoms with Crippen molar-refractivity contribution in [1.29, 1.82) is 0 Å². The number of benzene rings is 1. The third kappa shape index (κ3) is 3.28. The van der Waals surface area contributed by atoms with Gasteiger partial charge in [-0.3, -0.25) is 9.59 Å². The van der Waals surface area contributed by atoms with Gasteiger partial charge in [-0.1, -0.05) is 12.1 Å². The van der Waals surface area contributed by atoms with Crippen LogP contribution in [0.25, 0.3) is 0 Å². The maximum absolute atomic E-state index is 11.3. The largest absolute Gasteiger partial charge is 0.462 e. The van der Waals surface area contributed by atoms with E-state index < -0.39 is 0 Å². The van der Waals surface area contributed by atoms with Crippen LogP contribution in [-0.4, -0.2) is 24.3 Å². The molecule has 0 saturated heterocycles. The topological polar surface area (TPSA) is 69.7 Å². The monoisotopic (exact) mass is 316 g/mol. The van der Waals surface area contributed by atoms with Crippen LogP contribution in [0.3, 0.4) is 0 Å². The first-order chi connectivity index (χ1) is 11.0. The second-order valence-corrected chi connectivity index (χ2v) is 6.45. The van der Waals surface area contributed by atoms with Crippen LogP contribution in [0.15, 0.2) is 24.3 Å². The second kappa shape index (κ2) is 6.14. The van der Waals surface area contributed by atoms with Crippen LogP contribution in [-0.2, 0) is 25.5 Å². The fourth-order valence-corrected chi connectivity index (χ4v) is 4.02. The summed E-state index contributed by atoms with van der Waals surface area (Å²) in [6.45, 7) is 2.78. The Kier molecular flexibility index (Phi) is 4.20. The van der Waals surface area contributed by atoms with Crippen LogP contribution < -0.4 is 4.74 Å². The van der Waals surface area contributed by atoms with Crippen LogP contribution in [0.4, 0.5) is 0 Å². The number of hydrogen-bond donors (Lipinski definition) is 0. The number of fused-ring (bicyclic) bond motifs is 1. The zero-order valence-corrected chi connectivity index (χ0v) is 13.2. The average molecular weight is 316 g/mol. The molecule has 1 aromatic rings. The lowest BCUT2D eigenvalue weighted by molar-refractivity contribution is -0.149. The Balaban J connectivity index is 1.74. The van der Waals surface area contributed by atoms with Gasteiger partial charge in [-0.2, -0.15) is 0 Å². The first-order valence-corrected chi connectivity index (χ1v) is 7.89. The fourth-order valence-electron chi connectivity index (χ4n) is 4.02. The Morgan fingerprint density at radius 2 is 2.04 bits per heavy atom. The highest BCUT2D eigenvalue weighted by Gasteiger charge is 2.62. The van der Waals surface area contributed by atoms with Gasteiger partial charge in [-0.15, -0.1) is 0 Å². The third-order valence-electron chi connectivity index (χ3n) is 4.87. The highest BCUT2D eigenvalue weighted by atomic mass is 16.5. The van der Waals surface area contributed by atoms with Crippen molar-refractivity contribution in [2.24, 2.45) is 23.7 Å². The Bertz CT molecular complexity index is 638. The Labute approximate surface area is 135 Å². The molecule has 3 rings (SSSR count). The molecular weight excluding hydrogens is 296 g/mol. The van der Waals surface area contributed by atoms with Crippen LogP contribution in [0, 0.1) is 23.7 Å². The molecule has 0 heterocycles. The molecule has 2 saturated carbocycles. The van der Waals surface area contributed by atoms with E-state index in [1.807, 2.05) is 18.2 Å². The van der Waals surface area contributed by atoms with Gasteiger partial charge in [-0.25, -0.2) is 0 Å². The number of carbonyl (C=O) groups is 3.